The van der Waals surface area contributed by atoms with Gasteiger partial charge in [-0.05, 0) is 101 Å². The van der Waals surface area contributed by atoms with Crippen molar-refractivity contribution in [3.8, 4) is 5.75 Å². The van der Waals surface area contributed by atoms with Gasteiger partial charge in [-0.25, -0.2) is 4.68 Å². The van der Waals surface area contributed by atoms with Crippen LogP contribution in [0.15, 0.2) is 42.5 Å². The van der Waals surface area contributed by atoms with Crippen LogP contribution in [0.4, 0.5) is 5.69 Å². The number of anilines is 1. The predicted octanol–water partition coefficient (Wildman–Crippen LogP) is 6.39. The van der Waals surface area contributed by atoms with Crippen LogP contribution in [-0.4, -0.2) is 30.6 Å². The van der Waals surface area contributed by atoms with E-state index in [9.17, 15) is 4.79 Å². The Labute approximate surface area is 227 Å². The zero-order valence-corrected chi connectivity index (χ0v) is 23.2. The Morgan fingerprint density at radius 2 is 1.89 bits per heavy atom. The molecule has 1 saturated carbocycles. The Bertz CT molecular complexity index is 1110. The quantitative estimate of drug-likeness (QED) is 0.139. The molecule has 0 saturated heterocycles. The summed E-state index contributed by atoms with van der Waals surface area (Å²) in [5, 5.41) is 16.0. The molecule has 0 amide bonds. The number of halogens is 1. The lowest BCUT2D eigenvalue weighted by molar-refractivity contribution is -0.109. The van der Waals surface area contributed by atoms with Gasteiger partial charge < -0.3 is 10.1 Å². The molecule has 1 heterocycles. The molecule has 4 rings (SSSR count). The summed E-state index contributed by atoms with van der Waals surface area (Å²) in [6, 6.07) is 15.1. The minimum Gasteiger partial charge on any atom is -0.494 e. The third-order valence-corrected chi connectivity index (χ3v) is 7.36. The van der Waals surface area contributed by atoms with E-state index in [1.165, 1.54) is 43.2 Å². The molecule has 0 aliphatic heterocycles. The van der Waals surface area contributed by atoms with Crippen molar-refractivity contribution in [2.24, 2.45) is 0 Å². The fourth-order valence-electron chi connectivity index (χ4n) is 4.74. The third-order valence-electron chi connectivity index (χ3n) is 6.82. The Kier molecular flexibility index (Phi) is 10.1. The highest BCUT2D eigenvalue weighted by molar-refractivity contribution is 14.1. The molecule has 1 N–H and O–H groups in total. The minimum absolute atomic E-state index is 0.166. The number of nitrogens with zero attached hydrogens (tertiary/aromatic N) is 4. The molecule has 0 radical (unpaired) electrons. The van der Waals surface area contributed by atoms with Gasteiger partial charge in [0.25, 0.3) is 0 Å². The van der Waals surface area contributed by atoms with Crippen molar-refractivity contribution >= 4 is 32.1 Å². The van der Waals surface area contributed by atoms with Crippen LogP contribution in [0.5, 0.6) is 5.75 Å². The topological polar surface area (TPSA) is 81.9 Å². The first-order valence-corrected chi connectivity index (χ1v) is 14.2. The number of unbranched alkanes of at least 4 members (excludes halogenated alkanes) is 1. The number of aryl methyl sites for hydroxylation is 3. The van der Waals surface area contributed by atoms with E-state index in [0.29, 0.717) is 25.5 Å². The van der Waals surface area contributed by atoms with Crippen molar-refractivity contribution in [3.63, 3.8) is 0 Å². The molecule has 0 spiro atoms. The molecule has 1 aromatic heterocycles. The fourth-order valence-corrected chi connectivity index (χ4v) is 5.01. The van der Waals surface area contributed by atoms with Crippen LogP contribution in [-0.2, 0) is 24.2 Å². The molecule has 1 aliphatic carbocycles. The molecule has 8 heteroatoms. The molecule has 2 aromatic carbocycles. The lowest BCUT2D eigenvalue weighted by Crippen LogP contribution is -2.17. The maximum absolute atomic E-state index is 11.6. The Morgan fingerprint density at radius 1 is 1.08 bits per heavy atom. The van der Waals surface area contributed by atoms with Gasteiger partial charge in [0.15, 0.2) is 9.61 Å². The van der Waals surface area contributed by atoms with Crippen LogP contribution in [0.1, 0.15) is 79.9 Å². The first kappa shape index (κ1) is 26.6. The molecule has 0 unspecified atom stereocenters. The largest absolute Gasteiger partial charge is 0.494 e. The Morgan fingerprint density at radius 3 is 2.67 bits per heavy atom. The first-order valence-electron chi connectivity index (χ1n) is 13.1. The Balaban J connectivity index is 1.28. The van der Waals surface area contributed by atoms with E-state index in [-0.39, 0.29) is 3.79 Å². The average Bonchev–Trinajstić information content (AvgIpc) is 3.36. The zero-order valence-electron chi connectivity index (χ0n) is 21.1. The maximum Gasteiger partial charge on any atom is 0.192 e. The summed E-state index contributed by atoms with van der Waals surface area (Å²) in [6.45, 7) is 3.48. The average molecular weight is 602 g/mol. The lowest BCUT2D eigenvalue weighted by atomic mass is 9.95. The predicted molar refractivity (Wildman–Crippen MR) is 151 cm³/mol. The van der Waals surface area contributed by atoms with Crippen molar-refractivity contribution in [2.75, 3.05) is 11.9 Å². The molecule has 1 fully saturated rings. The van der Waals surface area contributed by atoms with Crippen LogP contribution in [0.3, 0.4) is 0 Å². The second-order valence-electron chi connectivity index (χ2n) is 9.65. The number of hydrogen-bond acceptors (Lipinski definition) is 6. The number of aromatic nitrogens is 4. The molecule has 0 atom stereocenters. The fraction of sp³-hybridized carbons (Fsp3) is 0.500. The van der Waals surface area contributed by atoms with Gasteiger partial charge in [-0.15, -0.1) is 5.10 Å². The van der Waals surface area contributed by atoms with Crippen LogP contribution >= 0.6 is 22.6 Å². The smallest absolute Gasteiger partial charge is 0.192 e. The number of carbonyl (C=O) groups is 1. The minimum atomic E-state index is 0.166. The van der Waals surface area contributed by atoms with Crippen molar-refractivity contribution < 1.29 is 9.53 Å². The first-order chi connectivity index (χ1) is 17.6. The van der Waals surface area contributed by atoms with E-state index in [0.717, 1.165) is 48.6 Å². The number of carbonyl (C=O) groups excluding carboxylic acids is 1. The van der Waals surface area contributed by atoms with E-state index in [1.807, 2.05) is 28.7 Å². The second-order valence-corrected chi connectivity index (χ2v) is 10.9. The summed E-state index contributed by atoms with van der Waals surface area (Å²) in [5.41, 5.74) is 4.64. The summed E-state index contributed by atoms with van der Waals surface area (Å²) in [6.07, 6.45) is 10.2. The van der Waals surface area contributed by atoms with Crippen molar-refractivity contribution in [3.05, 3.63) is 65.0 Å². The summed E-state index contributed by atoms with van der Waals surface area (Å²) >= 11 is 1.87. The Hall–Kier alpha value is -2.49. The number of rotatable bonds is 13. The zero-order chi connectivity index (χ0) is 25.2. The van der Waals surface area contributed by atoms with Gasteiger partial charge in [-0.1, -0.05) is 49.1 Å². The SMILES string of the molecule is Cc1ccc(CNc2ccc(OCCCCc3nnnn3C3CCCCC3)cc2CCC(=O)I)cc1. The summed E-state index contributed by atoms with van der Waals surface area (Å²) in [7, 11) is 0. The van der Waals surface area contributed by atoms with Gasteiger partial charge in [0.2, 0.25) is 0 Å². The normalized spacial score (nSPS) is 14.1. The highest BCUT2D eigenvalue weighted by atomic mass is 127. The molecular weight excluding hydrogens is 565 g/mol. The van der Waals surface area contributed by atoms with Gasteiger partial charge in [0, 0.05) is 25.1 Å². The van der Waals surface area contributed by atoms with Crippen LogP contribution < -0.4 is 10.1 Å². The number of ether oxygens (including phenoxy) is 1. The van der Waals surface area contributed by atoms with E-state index in [4.69, 9.17) is 4.74 Å². The van der Waals surface area contributed by atoms with Crippen LogP contribution in [0, 0.1) is 6.92 Å². The molecule has 36 heavy (non-hydrogen) atoms. The van der Waals surface area contributed by atoms with Crippen LogP contribution in [0.25, 0.3) is 0 Å². The summed E-state index contributed by atoms with van der Waals surface area (Å²) < 4.78 is 8.30. The lowest BCUT2D eigenvalue weighted by Gasteiger charge is -2.22. The van der Waals surface area contributed by atoms with E-state index < -0.39 is 0 Å². The summed E-state index contributed by atoms with van der Waals surface area (Å²) in [4.78, 5) is 11.6. The molecule has 1 aliphatic rings. The molecule has 7 nitrogen and oxygen atoms in total. The van der Waals surface area contributed by atoms with Gasteiger partial charge >= 0.3 is 0 Å². The summed E-state index contributed by atoms with van der Waals surface area (Å²) in [5.74, 6) is 1.84. The van der Waals surface area contributed by atoms with Crippen molar-refractivity contribution in [1.82, 2.24) is 20.2 Å². The molecular formula is C28H36IN5O2. The standard InChI is InChI=1S/C28H36IN5O2/c1-21-10-12-22(13-11-21)20-30-26-16-15-25(19-23(26)14-17-27(29)35)36-18-6-5-9-28-31-32-33-34(28)24-7-3-2-4-8-24/h10-13,15-16,19,24,30H,2-9,14,17-18,20H2,1H3. The highest BCUT2D eigenvalue weighted by Gasteiger charge is 2.19. The van der Waals surface area contributed by atoms with Crippen molar-refractivity contribution in [1.29, 1.82) is 0 Å². The number of hydrogen-bond donors (Lipinski definition) is 1. The number of tetrazole rings is 1. The van der Waals surface area contributed by atoms with Crippen LogP contribution in [0.2, 0.25) is 0 Å². The number of nitrogens with one attached hydrogen (secondary N) is 1. The second kappa shape index (κ2) is 13.7. The molecule has 192 valence electrons. The number of benzene rings is 2. The van der Waals surface area contributed by atoms with Gasteiger partial charge in [0.1, 0.15) is 5.75 Å². The van der Waals surface area contributed by atoms with Gasteiger partial charge in [-0.3, -0.25) is 4.79 Å². The molecule has 3 aromatic rings. The van der Waals surface area contributed by atoms with E-state index in [2.05, 4.69) is 68.8 Å². The highest BCUT2D eigenvalue weighted by Crippen LogP contribution is 2.28. The monoisotopic (exact) mass is 601 g/mol. The van der Waals surface area contributed by atoms with E-state index >= 15 is 0 Å². The third kappa shape index (κ3) is 8.01. The van der Waals surface area contributed by atoms with Gasteiger partial charge in [0.05, 0.1) is 12.6 Å². The van der Waals surface area contributed by atoms with Gasteiger partial charge in [-0.2, -0.15) is 0 Å². The van der Waals surface area contributed by atoms with Crippen molar-refractivity contribution in [2.45, 2.75) is 83.7 Å². The van der Waals surface area contributed by atoms with E-state index in [1.54, 1.807) is 0 Å². The maximum atomic E-state index is 11.6. The molecule has 0 bridgehead atoms.